The zero-order valence-corrected chi connectivity index (χ0v) is 22.6. The fourth-order valence-electron chi connectivity index (χ4n) is 4.88. The molecule has 2 unspecified atom stereocenters. The highest BCUT2D eigenvalue weighted by atomic mass is 35.5. The molecular formula is C26H31ClN2O8. The number of rotatable bonds is 4. The number of ether oxygens (including phenoxy) is 5. The summed E-state index contributed by atoms with van der Waals surface area (Å²) < 4.78 is 27.8. The number of hydrogen-bond donors (Lipinski definition) is 0. The Labute approximate surface area is 220 Å². The number of fused-ring (bicyclic) bond motifs is 3. The van der Waals surface area contributed by atoms with E-state index >= 15 is 0 Å². The molecule has 10 nitrogen and oxygen atoms in total. The van der Waals surface area contributed by atoms with Crippen molar-refractivity contribution in [3.8, 4) is 11.5 Å². The number of benzene rings is 1. The highest BCUT2D eigenvalue weighted by Crippen LogP contribution is 2.47. The Hall–Kier alpha value is -3.27. The van der Waals surface area contributed by atoms with Crippen molar-refractivity contribution in [3.63, 3.8) is 0 Å². The summed E-state index contributed by atoms with van der Waals surface area (Å²) in [5, 5.41) is 1.08. The number of amides is 1. The van der Waals surface area contributed by atoms with E-state index in [-0.39, 0.29) is 19.6 Å². The van der Waals surface area contributed by atoms with Crippen molar-refractivity contribution in [3.05, 3.63) is 28.4 Å². The summed E-state index contributed by atoms with van der Waals surface area (Å²) in [6.45, 7) is 6.59. The molecule has 0 N–H and O–H groups in total. The first-order valence-electron chi connectivity index (χ1n) is 12.0. The van der Waals surface area contributed by atoms with E-state index in [0.29, 0.717) is 46.0 Å². The molecule has 3 heterocycles. The van der Waals surface area contributed by atoms with Gasteiger partial charge in [-0.3, -0.25) is 9.69 Å². The summed E-state index contributed by atoms with van der Waals surface area (Å²) >= 11 is 6.68. The van der Waals surface area contributed by atoms with Crippen molar-refractivity contribution >= 4 is 40.5 Å². The molecule has 2 aliphatic heterocycles. The fourth-order valence-corrected chi connectivity index (χ4v) is 5.23. The zero-order chi connectivity index (χ0) is 27.1. The molecule has 1 aromatic heterocycles. The van der Waals surface area contributed by atoms with Crippen molar-refractivity contribution in [1.29, 1.82) is 0 Å². The maximum absolute atomic E-state index is 13.0. The number of pyridine rings is 1. The van der Waals surface area contributed by atoms with Crippen LogP contribution in [0, 0.1) is 0 Å². The lowest BCUT2D eigenvalue weighted by molar-refractivity contribution is -0.146. The highest BCUT2D eigenvalue weighted by Gasteiger charge is 2.53. The number of nitrogens with zero attached hydrogens (tertiary/aromatic N) is 2. The van der Waals surface area contributed by atoms with Crippen LogP contribution in [-0.2, 0) is 36.8 Å². The minimum absolute atomic E-state index is 0.108. The van der Waals surface area contributed by atoms with Crippen LogP contribution in [0.3, 0.4) is 0 Å². The Bertz CT molecular complexity index is 1260. The van der Waals surface area contributed by atoms with Gasteiger partial charge in [0.1, 0.15) is 41.0 Å². The van der Waals surface area contributed by atoms with E-state index < -0.39 is 35.3 Å². The largest absolute Gasteiger partial charge is 0.495 e. The van der Waals surface area contributed by atoms with E-state index in [9.17, 15) is 14.4 Å². The van der Waals surface area contributed by atoms with Crippen LogP contribution >= 0.6 is 11.6 Å². The smallest absolute Gasteiger partial charge is 0.411 e. The van der Waals surface area contributed by atoms with E-state index in [1.807, 2.05) is 0 Å². The predicted octanol–water partition coefficient (Wildman–Crippen LogP) is 4.21. The van der Waals surface area contributed by atoms with Gasteiger partial charge in [0.25, 0.3) is 0 Å². The Balaban J connectivity index is 1.78. The SMILES string of the molecule is COC(=O)C1CC2(CCc3c(c(COC(C)=O)nc4ccc(OC)c(Cl)c34)O2)CN1C(=O)OC(C)(C)C. The van der Waals surface area contributed by atoms with Crippen molar-refractivity contribution < 1.29 is 38.1 Å². The molecule has 1 spiro atoms. The number of halogens is 1. The summed E-state index contributed by atoms with van der Waals surface area (Å²) in [7, 11) is 2.81. The molecule has 1 amide bonds. The molecule has 2 aliphatic rings. The topological polar surface area (TPSA) is 113 Å². The number of methoxy groups -OCH3 is 2. The second kappa shape index (κ2) is 9.89. The summed E-state index contributed by atoms with van der Waals surface area (Å²) in [6, 6.07) is 2.63. The van der Waals surface area contributed by atoms with Crippen LogP contribution in [0.1, 0.15) is 51.8 Å². The van der Waals surface area contributed by atoms with Crippen molar-refractivity contribution in [2.75, 3.05) is 20.8 Å². The predicted molar refractivity (Wildman–Crippen MR) is 134 cm³/mol. The van der Waals surface area contributed by atoms with E-state index in [1.54, 1.807) is 32.9 Å². The number of aryl methyl sites for hydroxylation is 1. The molecule has 37 heavy (non-hydrogen) atoms. The summed E-state index contributed by atoms with van der Waals surface area (Å²) in [5.74, 6) is -0.0999. The molecule has 200 valence electrons. The molecule has 0 saturated carbocycles. The van der Waals surface area contributed by atoms with Gasteiger partial charge < -0.3 is 23.7 Å². The van der Waals surface area contributed by atoms with Crippen LogP contribution in [0.2, 0.25) is 5.02 Å². The van der Waals surface area contributed by atoms with Crippen molar-refractivity contribution in [2.24, 2.45) is 0 Å². The van der Waals surface area contributed by atoms with Crippen LogP contribution in [0.25, 0.3) is 10.9 Å². The first-order chi connectivity index (χ1) is 17.4. The van der Waals surface area contributed by atoms with E-state index in [1.165, 1.54) is 26.0 Å². The minimum atomic E-state index is -0.908. The highest BCUT2D eigenvalue weighted by molar-refractivity contribution is 6.37. The van der Waals surface area contributed by atoms with Gasteiger partial charge in [0, 0.05) is 24.3 Å². The van der Waals surface area contributed by atoms with Crippen LogP contribution in [-0.4, -0.2) is 65.9 Å². The normalized spacial score (nSPS) is 20.8. The van der Waals surface area contributed by atoms with Crippen LogP contribution in [0.15, 0.2) is 12.1 Å². The summed E-state index contributed by atoms with van der Waals surface area (Å²) in [4.78, 5) is 43.3. The molecule has 2 aromatic rings. The Kier molecular flexibility index (Phi) is 7.16. The molecule has 1 fully saturated rings. The number of carbonyl (C=O) groups excluding carboxylic acids is 3. The number of likely N-dealkylation sites (tertiary alicyclic amines) is 1. The lowest BCUT2D eigenvalue weighted by Gasteiger charge is -2.37. The second-order valence-electron chi connectivity index (χ2n) is 10.3. The third-order valence-corrected chi connectivity index (χ3v) is 6.84. The average molecular weight is 535 g/mol. The van der Waals surface area contributed by atoms with Gasteiger partial charge in [-0.1, -0.05) is 11.6 Å². The second-order valence-corrected chi connectivity index (χ2v) is 10.6. The number of esters is 2. The van der Waals surface area contributed by atoms with Gasteiger partial charge in [0.15, 0.2) is 0 Å². The maximum atomic E-state index is 13.0. The van der Waals surface area contributed by atoms with Gasteiger partial charge in [-0.25, -0.2) is 14.6 Å². The lowest BCUT2D eigenvalue weighted by Crippen LogP contribution is -2.46. The zero-order valence-electron chi connectivity index (χ0n) is 21.8. The van der Waals surface area contributed by atoms with Gasteiger partial charge in [-0.2, -0.15) is 0 Å². The third-order valence-electron chi connectivity index (χ3n) is 6.46. The van der Waals surface area contributed by atoms with E-state index in [4.69, 9.17) is 35.3 Å². The number of aromatic nitrogens is 1. The quantitative estimate of drug-likeness (QED) is 0.420. The van der Waals surface area contributed by atoms with Gasteiger partial charge in [0.2, 0.25) is 0 Å². The van der Waals surface area contributed by atoms with Gasteiger partial charge in [-0.15, -0.1) is 0 Å². The van der Waals surface area contributed by atoms with Crippen molar-refractivity contribution in [2.45, 2.75) is 70.8 Å². The average Bonchev–Trinajstić information content (AvgIpc) is 3.20. The Morgan fingerprint density at radius 1 is 1.24 bits per heavy atom. The number of hydrogen-bond acceptors (Lipinski definition) is 9. The maximum Gasteiger partial charge on any atom is 0.411 e. The molecule has 11 heteroatoms. The molecule has 4 rings (SSSR count). The van der Waals surface area contributed by atoms with Gasteiger partial charge in [-0.05, 0) is 45.7 Å². The van der Waals surface area contributed by atoms with E-state index in [0.717, 1.165) is 5.56 Å². The van der Waals surface area contributed by atoms with E-state index in [2.05, 4.69) is 4.98 Å². The number of carbonyl (C=O) groups is 3. The Morgan fingerprint density at radius 3 is 2.59 bits per heavy atom. The molecule has 1 aromatic carbocycles. The summed E-state index contributed by atoms with van der Waals surface area (Å²) in [6.07, 6.45) is 0.588. The molecular weight excluding hydrogens is 504 g/mol. The minimum Gasteiger partial charge on any atom is -0.495 e. The third kappa shape index (κ3) is 5.25. The standard InChI is InChI=1S/C26H31ClN2O8/c1-14(30)35-12-17-22-15(20-16(28-17)7-8-19(33-5)21(20)27)9-10-26(36-22)11-18(23(31)34-6)29(13-26)24(32)37-25(2,3)4/h7-8,18H,9-13H2,1-6H3. The lowest BCUT2D eigenvalue weighted by atomic mass is 9.87. The van der Waals surface area contributed by atoms with Crippen LogP contribution in [0.4, 0.5) is 4.79 Å². The Morgan fingerprint density at radius 2 is 1.97 bits per heavy atom. The van der Waals surface area contributed by atoms with Crippen LogP contribution in [0.5, 0.6) is 11.5 Å². The van der Waals surface area contributed by atoms with Crippen molar-refractivity contribution in [1.82, 2.24) is 9.88 Å². The molecule has 0 bridgehead atoms. The molecule has 2 atom stereocenters. The monoisotopic (exact) mass is 534 g/mol. The van der Waals surface area contributed by atoms with Gasteiger partial charge in [0.05, 0.1) is 31.3 Å². The van der Waals surface area contributed by atoms with Gasteiger partial charge >= 0.3 is 18.0 Å². The molecule has 0 radical (unpaired) electrons. The summed E-state index contributed by atoms with van der Waals surface area (Å²) in [5.41, 5.74) is 0.175. The van der Waals surface area contributed by atoms with Crippen LogP contribution < -0.4 is 9.47 Å². The fraction of sp³-hybridized carbons (Fsp3) is 0.538. The molecule has 0 aliphatic carbocycles. The first-order valence-corrected chi connectivity index (χ1v) is 12.3. The molecule has 1 saturated heterocycles. The first kappa shape index (κ1) is 26.8.